The lowest BCUT2D eigenvalue weighted by atomic mass is 9.34. The number of nitriles is 1. The van der Waals surface area contributed by atoms with E-state index in [-0.39, 0.29) is 57.2 Å². The van der Waals surface area contributed by atoms with Gasteiger partial charge >= 0.3 is 0 Å². The average molecular weight is 521 g/mol. The lowest BCUT2D eigenvalue weighted by molar-refractivity contribution is -0.170. The van der Waals surface area contributed by atoms with E-state index in [1.54, 1.807) is 0 Å². The molecule has 0 amide bonds. The number of aliphatic hydroxyl groups excluding tert-OH is 1. The van der Waals surface area contributed by atoms with E-state index in [1.165, 1.54) is 12.0 Å². The van der Waals surface area contributed by atoms with Crippen LogP contribution in [-0.2, 0) is 9.59 Å². The van der Waals surface area contributed by atoms with Crippen LogP contribution in [0.15, 0.2) is 23.3 Å². The number of nitrogens with zero attached hydrogens (tertiary/aromatic N) is 1. The van der Waals surface area contributed by atoms with Gasteiger partial charge in [0.05, 0.1) is 12.2 Å². The Balaban J connectivity index is 1.65. The summed E-state index contributed by atoms with van der Waals surface area (Å²) in [6.07, 6.45) is 11.3. The molecule has 208 valence electrons. The molecule has 5 rings (SSSR count). The van der Waals surface area contributed by atoms with Crippen molar-refractivity contribution in [1.29, 1.82) is 5.26 Å². The number of hydrogen-bond acceptors (Lipinski definition) is 5. The van der Waals surface area contributed by atoms with Crippen LogP contribution >= 0.6 is 0 Å². The summed E-state index contributed by atoms with van der Waals surface area (Å²) in [4.78, 5) is 27.7. The van der Waals surface area contributed by atoms with Crippen LogP contribution < -0.4 is 5.32 Å². The fraction of sp³-hybridized carbons (Fsp3) is 0.788. The summed E-state index contributed by atoms with van der Waals surface area (Å²) in [7, 11) is 0. The Morgan fingerprint density at radius 3 is 2.37 bits per heavy atom. The highest BCUT2D eigenvalue weighted by molar-refractivity contribution is 6.04. The molecule has 0 radical (unpaired) electrons. The monoisotopic (exact) mass is 520 g/mol. The Bertz CT molecular complexity index is 1160. The zero-order valence-corrected chi connectivity index (χ0v) is 24.7. The van der Waals surface area contributed by atoms with Gasteiger partial charge in [0, 0.05) is 29.8 Å². The number of rotatable bonds is 4. The van der Waals surface area contributed by atoms with Crippen molar-refractivity contribution in [3.63, 3.8) is 0 Å². The van der Waals surface area contributed by atoms with Gasteiger partial charge in [0.15, 0.2) is 11.6 Å². The van der Waals surface area contributed by atoms with E-state index < -0.39 is 10.8 Å². The lowest BCUT2D eigenvalue weighted by Gasteiger charge is -2.69. The first-order chi connectivity index (χ1) is 17.6. The third-order valence-electron chi connectivity index (χ3n) is 12.8. The third-order valence-corrected chi connectivity index (χ3v) is 12.8. The molecular formula is C33H48N2O3. The van der Waals surface area contributed by atoms with Crippen LogP contribution in [0.5, 0.6) is 0 Å². The topological polar surface area (TPSA) is 90.2 Å². The molecule has 0 aromatic heterocycles. The number of ketones is 2. The molecule has 3 fully saturated rings. The van der Waals surface area contributed by atoms with Crippen molar-refractivity contribution in [2.75, 3.05) is 19.7 Å². The molecule has 0 spiro atoms. The first kappa shape index (κ1) is 27.8. The Hall–Kier alpha value is -1.77. The molecule has 5 nitrogen and oxygen atoms in total. The molecular weight excluding hydrogens is 472 g/mol. The normalized spacial score (nSPS) is 45.0. The Morgan fingerprint density at radius 2 is 1.71 bits per heavy atom. The Morgan fingerprint density at radius 1 is 1.03 bits per heavy atom. The van der Waals surface area contributed by atoms with E-state index >= 15 is 0 Å². The quantitative estimate of drug-likeness (QED) is 0.458. The second-order valence-electron chi connectivity index (χ2n) is 15.5. The highest BCUT2D eigenvalue weighted by atomic mass is 16.3. The van der Waals surface area contributed by atoms with Gasteiger partial charge < -0.3 is 10.4 Å². The van der Waals surface area contributed by atoms with Crippen molar-refractivity contribution in [3.8, 4) is 6.07 Å². The van der Waals surface area contributed by atoms with Crippen LogP contribution in [0.25, 0.3) is 0 Å². The number of allylic oxidation sites excluding steroid dienone is 4. The predicted molar refractivity (Wildman–Crippen MR) is 149 cm³/mol. The predicted octanol–water partition coefficient (Wildman–Crippen LogP) is 5.79. The van der Waals surface area contributed by atoms with E-state index in [0.717, 1.165) is 45.1 Å². The molecule has 0 bridgehead atoms. The van der Waals surface area contributed by atoms with E-state index in [0.29, 0.717) is 12.5 Å². The summed E-state index contributed by atoms with van der Waals surface area (Å²) in [6.45, 7) is 17.3. The molecule has 3 saturated carbocycles. The number of Topliss-reactive ketones (excluding diaryl/α,β-unsaturated/α-hetero) is 1. The lowest BCUT2D eigenvalue weighted by Crippen LogP contribution is -2.65. The molecule has 7 atom stereocenters. The van der Waals surface area contributed by atoms with Crippen LogP contribution in [0.3, 0.4) is 0 Å². The molecule has 2 N–H and O–H groups in total. The van der Waals surface area contributed by atoms with Gasteiger partial charge in [0.25, 0.3) is 0 Å². The zero-order valence-electron chi connectivity index (χ0n) is 24.7. The summed E-state index contributed by atoms with van der Waals surface area (Å²) in [5, 5.41) is 22.9. The van der Waals surface area contributed by atoms with Crippen LogP contribution in [0.4, 0.5) is 0 Å². The second kappa shape index (κ2) is 8.61. The second-order valence-corrected chi connectivity index (χ2v) is 15.5. The molecule has 0 aliphatic heterocycles. The Labute approximate surface area is 229 Å². The van der Waals surface area contributed by atoms with Crippen molar-refractivity contribution in [2.24, 2.45) is 50.2 Å². The van der Waals surface area contributed by atoms with Crippen LogP contribution in [-0.4, -0.2) is 36.4 Å². The van der Waals surface area contributed by atoms with Gasteiger partial charge in [-0.1, -0.05) is 60.1 Å². The Kier molecular flexibility index (Phi) is 6.30. The van der Waals surface area contributed by atoms with Crippen LogP contribution in [0.2, 0.25) is 0 Å². The van der Waals surface area contributed by atoms with Crippen molar-refractivity contribution in [2.45, 2.75) is 93.4 Å². The van der Waals surface area contributed by atoms with E-state index in [4.69, 9.17) is 0 Å². The summed E-state index contributed by atoms with van der Waals surface area (Å²) in [5.41, 5.74) is 0.248. The molecule has 2 unspecified atom stereocenters. The molecule has 0 heterocycles. The van der Waals surface area contributed by atoms with E-state index in [1.807, 2.05) is 26.0 Å². The minimum atomic E-state index is -0.634. The minimum Gasteiger partial charge on any atom is -0.395 e. The van der Waals surface area contributed by atoms with Gasteiger partial charge in [0.2, 0.25) is 0 Å². The van der Waals surface area contributed by atoms with Gasteiger partial charge in [-0.3, -0.25) is 9.59 Å². The van der Waals surface area contributed by atoms with Crippen molar-refractivity contribution in [3.05, 3.63) is 23.3 Å². The molecule has 0 aromatic carbocycles. The SMILES string of the molecule is CC1(C)CC[C@]2(CNCCO)CC[C@]3(C)[C@H](C(=O)C=C4[C@@]5(C)C=C(C#N)C(=O)C(C)(C)C5CC[C@]43C)C2C1. The summed E-state index contributed by atoms with van der Waals surface area (Å²) in [6, 6.07) is 2.20. The third kappa shape index (κ3) is 3.55. The number of aliphatic hydroxyl groups is 1. The van der Waals surface area contributed by atoms with Crippen molar-refractivity contribution in [1.82, 2.24) is 5.32 Å². The molecule has 0 aromatic rings. The molecule has 5 aliphatic rings. The van der Waals surface area contributed by atoms with Gasteiger partial charge in [-0.2, -0.15) is 5.26 Å². The summed E-state index contributed by atoms with van der Waals surface area (Å²) >= 11 is 0. The van der Waals surface area contributed by atoms with E-state index in [2.05, 4.69) is 46.0 Å². The summed E-state index contributed by atoms with van der Waals surface area (Å²) < 4.78 is 0. The molecule has 5 aliphatic carbocycles. The molecule has 5 heteroatoms. The minimum absolute atomic E-state index is 0.0294. The highest BCUT2D eigenvalue weighted by Gasteiger charge is 2.69. The van der Waals surface area contributed by atoms with Gasteiger partial charge in [-0.15, -0.1) is 0 Å². The number of carbonyl (C=O) groups is 2. The number of fused-ring (bicyclic) bond motifs is 7. The smallest absolute Gasteiger partial charge is 0.178 e. The van der Waals surface area contributed by atoms with Crippen LogP contribution in [0.1, 0.15) is 93.4 Å². The standard InChI is InChI=1S/C33H48N2O3/c1-28(2)10-12-33(20-35-14-15-36)13-11-32(7)26(22(33)18-28)23(37)16-25-30(5)17-21(19-34)27(38)29(3,4)24(30)8-9-31(25,32)6/h16-17,22,24,26,35-36H,8-15,18,20H2,1-7H3/t22?,24?,26-,30-,31+,32+,33+/m0/s1. The van der Waals surface area contributed by atoms with Crippen LogP contribution in [0, 0.1) is 61.6 Å². The molecule has 38 heavy (non-hydrogen) atoms. The first-order valence-electron chi connectivity index (χ1n) is 14.9. The maximum Gasteiger partial charge on any atom is 0.178 e. The number of carbonyl (C=O) groups excluding carboxylic acids is 2. The van der Waals surface area contributed by atoms with Gasteiger partial charge in [-0.05, 0) is 84.5 Å². The maximum atomic E-state index is 14.5. The maximum absolute atomic E-state index is 14.5. The van der Waals surface area contributed by atoms with E-state index in [9.17, 15) is 20.0 Å². The summed E-state index contributed by atoms with van der Waals surface area (Å²) in [5.74, 6) is 0.556. The first-order valence-corrected chi connectivity index (χ1v) is 14.9. The average Bonchev–Trinajstić information content (AvgIpc) is 2.83. The largest absolute Gasteiger partial charge is 0.395 e. The number of hydrogen-bond donors (Lipinski definition) is 2. The van der Waals surface area contributed by atoms with Gasteiger partial charge in [0.1, 0.15) is 6.07 Å². The van der Waals surface area contributed by atoms with Gasteiger partial charge in [-0.25, -0.2) is 0 Å². The number of nitrogens with one attached hydrogen (secondary N) is 1. The fourth-order valence-corrected chi connectivity index (χ4v) is 10.5. The highest BCUT2D eigenvalue weighted by Crippen LogP contribution is 2.74. The fourth-order valence-electron chi connectivity index (χ4n) is 10.5. The van der Waals surface area contributed by atoms with Crippen molar-refractivity contribution < 1.29 is 14.7 Å². The molecule has 0 saturated heterocycles. The van der Waals surface area contributed by atoms with Crippen molar-refractivity contribution >= 4 is 11.6 Å². The zero-order chi connectivity index (χ0) is 27.9.